The molecule has 7 heteroatoms. The number of aliphatic hydroxyl groups is 2. The van der Waals surface area contributed by atoms with E-state index in [2.05, 4.69) is 4.98 Å². The summed E-state index contributed by atoms with van der Waals surface area (Å²) in [5, 5.41) is 20.2. The van der Waals surface area contributed by atoms with Crippen LogP contribution in [0, 0.1) is 0 Å². The highest BCUT2D eigenvalue weighted by Crippen LogP contribution is 2.34. The van der Waals surface area contributed by atoms with E-state index in [1.165, 1.54) is 0 Å². The molecule has 3 rings (SSSR count). The van der Waals surface area contributed by atoms with Crippen LogP contribution < -0.4 is 0 Å². The van der Waals surface area contributed by atoms with Gasteiger partial charge in [-0.1, -0.05) is 23.2 Å². The quantitative estimate of drug-likeness (QED) is 0.833. The summed E-state index contributed by atoms with van der Waals surface area (Å²) >= 11 is 12.0. The van der Waals surface area contributed by atoms with Crippen LogP contribution in [0.4, 0.5) is 0 Å². The first-order valence-corrected chi connectivity index (χ1v) is 6.14. The van der Waals surface area contributed by atoms with E-state index >= 15 is 0 Å². The fourth-order valence-electron chi connectivity index (χ4n) is 2.14. The molecule has 1 saturated heterocycles. The molecule has 1 aliphatic rings. The molecule has 2 aromatic heterocycles. The minimum Gasteiger partial charge on any atom is -0.388 e. The first kappa shape index (κ1) is 12.2. The van der Waals surface area contributed by atoms with Crippen molar-refractivity contribution in [2.75, 3.05) is 6.61 Å². The van der Waals surface area contributed by atoms with E-state index in [0.717, 1.165) is 0 Å². The molecule has 96 valence electrons. The topological polar surface area (TPSA) is 67.0 Å². The molecule has 2 aromatic rings. The number of ether oxygens (including phenoxy) is 1. The third kappa shape index (κ3) is 1.79. The summed E-state index contributed by atoms with van der Waals surface area (Å²) in [5.41, 5.74) is 1.15. The van der Waals surface area contributed by atoms with E-state index < -0.39 is 18.3 Å². The van der Waals surface area contributed by atoms with Gasteiger partial charge >= 0.3 is 0 Å². The molecule has 0 saturated carbocycles. The summed E-state index contributed by atoms with van der Waals surface area (Å²) in [6, 6.07) is 3.38. The second-order valence-electron chi connectivity index (χ2n) is 4.17. The zero-order chi connectivity index (χ0) is 12.9. The lowest BCUT2D eigenvalue weighted by Crippen LogP contribution is -2.26. The largest absolute Gasteiger partial charge is 0.388 e. The van der Waals surface area contributed by atoms with Crippen molar-refractivity contribution in [2.24, 2.45) is 0 Å². The minimum atomic E-state index is -1.02. The van der Waals surface area contributed by atoms with Crippen molar-refractivity contribution in [1.82, 2.24) is 9.38 Å². The van der Waals surface area contributed by atoms with E-state index in [9.17, 15) is 10.2 Å². The van der Waals surface area contributed by atoms with Crippen LogP contribution in [-0.4, -0.2) is 38.4 Å². The second-order valence-corrected chi connectivity index (χ2v) is 4.96. The third-order valence-corrected chi connectivity index (χ3v) is 3.51. The molecule has 3 heterocycles. The van der Waals surface area contributed by atoms with Crippen LogP contribution in [-0.2, 0) is 4.74 Å². The molecule has 0 amide bonds. The predicted molar refractivity (Wildman–Crippen MR) is 65.9 cm³/mol. The molecule has 0 radical (unpaired) electrons. The van der Waals surface area contributed by atoms with Gasteiger partial charge in [0.15, 0.2) is 0 Å². The van der Waals surface area contributed by atoms with Crippen LogP contribution >= 0.6 is 23.2 Å². The normalized spacial score (nSPS) is 28.1. The van der Waals surface area contributed by atoms with Crippen molar-refractivity contribution in [1.29, 1.82) is 0 Å². The van der Waals surface area contributed by atoms with E-state index in [0.29, 0.717) is 21.5 Å². The van der Waals surface area contributed by atoms with Gasteiger partial charge in [0.25, 0.3) is 0 Å². The van der Waals surface area contributed by atoms with Gasteiger partial charge in [0.2, 0.25) is 0 Å². The van der Waals surface area contributed by atoms with Gasteiger partial charge in [-0.15, -0.1) is 0 Å². The molecular weight excluding hydrogens is 279 g/mol. The summed E-state index contributed by atoms with van der Waals surface area (Å²) in [6.45, 7) is 0.0704. The lowest BCUT2D eigenvalue weighted by atomic mass is 10.1. The van der Waals surface area contributed by atoms with Crippen LogP contribution in [0.3, 0.4) is 0 Å². The molecule has 1 unspecified atom stereocenters. The Kier molecular flexibility index (Phi) is 2.96. The Balaban J connectivity index is 2.18. The standard InChI is InChI=1S/C11H10Cl2N2O3/c12-5-1-2-8-14-7(13)3-15(8)9(5)11-10(17)6(16)4-18-11/h1-3,6,10-11,16-17H,4H2/t6-,10-,11?/m1/s1. The van der Waals surface area contributed by atoms with Gasteiger partial charge in [0.1, 0.15) is 29.1 Å². The number of fused-ring (bicyclic) bond motifs is 1. The summed E-state index contributed by atoms with van der Waals surface area (Å²) in [4.78, 5) is 4.10. The van der Waals surface area contributed by atoms with Crippen molar-refractivity contribution in [3.05, 3.63) is 34.2 Å². The van der Waals surface area contributed by atoms with Gasteiger partial charge in [-0.2, -0.15) is 0 Å². The SMILES string of the molecule is O[C@@H]1COC(c2c(Cl)ccc3nc(Cl)cn23)[C@@H]1O. The average molecular weight is 289 g/mol. The summed E-state index contributed by atoms with van der Waals surface area (Å²) < 4.78 is 7.05. The van der Waals surface area contributed by atoms with Gasteiger partial charge in [0, 0.05) is 6.20 Å². The number of imidazole rings is 1. The van der Waals surface area contributed by atoms with E-state index in [1.807, 2.05) is 0 Å². The fourth-order valence-corrected chi connectivity index (χ4v) is 2.58. The number of aromatic nitrogens is 2. The highest BCUT2D eigenvalue weighted by atomic mass is 35.5. The maximum absolute atomic E-state index is 9.90. The highest BCUT2D eigenvalue weighted by molar-refractivity contribution is 6.31. The zero-order valence-electron chi connectivity index (χ0n) is 9.12. The number of pyridine rings is 1. The molecule has 1 fully saturated rings. The first-order valence-electron chi connectivity index (χ1n) is 5.38. The Morgan fingerprint density at radius 1 is 1.33 bits per heavy atom. The Labute approximate surface area is 113 Å². The van der Waals surface area contributed by atoms with Crippen LogP contribution in [0.15, 0.2) is 18.3 Å². The molecular formula is C11H10Cl2N2O3. The number of halogens is 2. The van der Waals surface area contributed by atoms with Crippen molar-refractivity contribution < 1.29 is 14.9 Å². The minimum absolute atomic E-state index is 0.0704. The molecule has 3 atom stereocenters. The molecule has 0 aliphatic carbocycles. The lowest BCUT2D eigenvalue weighted by Gasteiger charge is -2.18. The summed E-state index contributed by atoms with van der Waals surface area (Å²) in [6.07, 6.45) is -1.03. The van der Waals surface area contributed by atoms with Gasteiger partial charge in [-0.05, 0) is 12.1 Å². The van der Waals surface area contributed by atoms with Gasteiger partial charge < -0.3 is 14.9 Å². The van der Waals surface area contributed by atoms with Crippen molar-refractivity contribution >= 4 is 28.8 Å². The van der Waals surface area contributed by atoms with Crippen LogP contribution in [0.5, 0.6) is 0 Å². The summed E-state index contributed by atoms with van der Waals surface area (Å²) in [5.74, 6) is 0. The van der Waals surface area contributed by atoms with Crippen LogP contribution in [0.2, 0.25) is 10.2 Å². The van der Waals surface area contributed by atoms with Gasteiger partial charge in [0.05, 0.1) is 17.3 Å². The van der Waals surface area contributed by atoms with Gasteiger partial charge in [-0.25, -0.2) is 4.98 Å². The second kappa shape index (κ2) is 4.36. The molecule has 1 aliphatic heterocycles. The zero-order valence-corrected chi connectivity index (χ0v) is 10.6. The highest BCUT2D eigenvalue weighted by Gasteiger charge is 2.38. The number of hydrogen-bond acceptors (Lipinski definition) is 4. The Bertz CT molecular complexity index is 601. The van der Waals surface area contributed by atoms with E-state index in [1.54, 1.807) is 22.7 Å². The smallest absolute Gasteiger partial charge is 0.148 e. The van der Waals surface area contributed by atoms with E-state index in [-0.39, 0.29) is 6.61 Å². The van der Waals surface area contributed by atoms with E-state index in [4.69, 9.17) is 27.9 Å². The maximum atomic E-state index is 9.90. The molecule has 0 bridgehead atoms. The first-order chi connectivity index (χ1) is 8.58. The van der Waals surface area contributed by atoms with Crippen LogP contribution in [0.25, 0.3) is 5.65 Å². The molecule has 2 N–H and O–H groups in total. The van der Waals surface area contributed by atoms with Crippen LogP contribution in [0.1, 0.15) is 11.8 Å². The Morgan fingerprint density at radius 3 is 2.78 bits per heavy atom. The summed E-state index contributed by atoms with van der Waals surface area (Å²) in [7, 11) is 0. The lowest BCUT2D eigenvalue weighted by molar-refractivity contribution is 0.0200. The third-order valence-electron chi connectivity index (χ3n) is 3.01. The molecule has 5 nitrogen and oxygen atoms in total. The number of aliphatic hydroxyl groups excluding tert-OH is 2. The number of hydrogen-bond donors (Lipinski definition) is 2. The fraction of sp³-hybridized carbons (Fsp3) is 0.364. The monoisotopic (exact) mass is 288 g/mol. The maximum Gasteiger partial charge on any atom is 0.148 e. The molecule has 0 spiro atoms. The van der Waals surface area contributed by atoms with Crippen molar-refractivity contribution in [3.8, 4) is 0 Å². The number of nitrogens with zero attached hydrogens (tertiary/aromatic N) is 2. The average Bonchev–Trinajstić information content (AvgIpc) is 2.85. The van der Waals surface area contributed by atoms with Crippen molar-refractivity contribution in [3.63, 3.8) is 0 Å². The number of rotatable bonds is 1. The predicted octanol–water partition coefficient (Wildman–Crippen LogP) is 1.43. The Morgan fingerprint density at radius 2 is 2.11 bits per heavy atom. The van der Waals surface area contributed by atoms with Gasteiger partial charge in [-0.3, -0.25) is 4.40 Å². The molecule has 0 aromatic carbocycles. The van der Waals surface area contributed by atoms with Crippen molar-refractivity contribution in [2.45, 2.75) is 18.3 Å². The Hall–Kier alpha value is -0.850. The molecule has 18 heavy (non-hydrogen) atoms.